The van der Waals surface area contributed by atoms with Crippen molar-refractivity contribution < 1.29 is 4.39 Å². The monoisotopic (exact) mass is 280 g/mol. The molecule has 1 aromatic heterocycles. The highest BCUT2D eigenvalue weighted by Gasteiger charge is 2.12. The van der Waals surface area contributed by atoms with E-state index in [2.05, 4.69) is 41.4 Å². The number of nitrogens with one attached hydrogen (secondary N) is 1. The van der Waals surface area contributed by atoms with Crippen LogP contribution >= 0.6 is 0 Å². The van der Waals surface area contributed by atoms with Gasteiger partial charge in [0, 0.05) is 17.7 Å². The molecule has 0 aliphatic carbocycles. The molecule has 0 saturated heterocycles. The van der Waals surface area contributed by atoms with Crippen molar-refractivity contribution in [2.24, 2.45) is 0 Å². The van der Waals surface area contributed by atoms with E-state index in [0.29, 0.717) is 5.92 Å². The van der Waals surface area contributed by atoms with Crippen LogP contribution in [0.4, 0.5) is 4.39 Å². The van der Waals surface area contributed by atoms with Gasteiger partial charge in [-0.25, -0.2) is 4.39 Å². The van der Waals surface area contributed by atoms with Gasteiger partial charge in [0.2, 0.25) is 0 Å². The average Bonchev–Trinajstić information content (AvgIpc) is 3.05. The highest BCUT2D eigenvalue weighted by molar-refractivity contribution is 5.62. The van der Waals surface area contributed by atoms with E-state index in [1.165, 1.54) is 17.7 Å². The van der Waals surface area contributed by atoms with Crippen LogP contribution in [-0.4, -0.2) is 10.2 Å². The Hall–Kier alpha value is -2.42. The molecule has 3 rings (SSSR count). The molecule has 3 heteroatoms. The van der Waals surface area contributed by atoms with Gasteiger partial charge in [0.1, 0.15) is 5.82 Å². The number of H-pyrrole nitrogens is 1. The number of hydrogen-bond acceptors (Lipinski definition) is 1. The lowest BCUT2D eigenvalue weighted by molar-refractivity contribution is 0.625. The molecule has 0 spiro atoms. The molecule has 2 nitrogen and oxygen atoms in total. The Kier molecular flexibility index (Phi) is 3.82. The summed E-state index contributed by atoms with van der Waals surface area (Å²) in [5.74, 6) is 0.105. The standard InChI is InChI=1S/C18H17FN2/c1-2-18(15-7-9-17(19)10-8-15)14-5-3-13(4-6-14)16-11-20-21-12-16/h3-12,18H,2H2,1H3,(H,20,21). The van der Waals surface area contributed by atoms with Crippen molar-refractivity contribution in [3.05, 3.63) is 77.9 Å². The number of benzene rings is 2. The van der Waals surface area contributed by atoms with Crippen LogP contribution < -0.4 is 0 Å². The molecule has 1 atom stereocenters. The number of halogens is 1. The van der Waals surface area contributed by atoms with E-state index in [4.69, 9.17) is 0 Å². The number of nitrogens with zero attached hydrogens (tertiary/aromatic N) is 1. The number of rotatable bonds is 4. The predicted molar refractivity (Wildman–Crippen MR) is 82.6 cm³/mol. The zero-order valence-electron chi connectivity index (χ0n) is 11.9. The molecule has 2 aromatic carbocycles. The lowest BCUT2D eigenvalue weighted by Gasteiger charge is -2.16. The summed E-state index contributed by atoms with van der Waals surface area (Å²) in [5, 5.41) is 6.79. The highest BCUT2D eigenvalue weighted by Crippen LogP contribution is 2.29. The molecule has 0 fully saturated rings. The van der Waals surface area contributed by atoms with Gasteiger partial charge in [0.15, 0.2) is 0 Å². The fraction of sp³-hybridized carbons (Fsp3) is 0.167. The summed E-state index contributed by atoms with van der Waals surface area (Å²) < 4.78 is 13.1. The van der Waals surface area contributed by atoms with Gasteiger partial charge in [0.25, 0.3) is 0 Å². The Morgan fingerprint density at radius 2 is 1.57 bits per heavy atom. The van der Waals surface area contributed by atoms with Crippen LogP contribution in [0.2, 0.25) is 0 Å². The van der Waals surface area contributed by atoms with Crippen LogP contribution in [0, 0.1) is 5.82 Å². The number of aromatic nitrogens is 2. The molecule has 0 aliphatic heterocycles. The van der Waals surface area contributed by atoms with E-state index in [9.17, 15) is 4.39 Å². The fourth-order valence-electron chi connectivity index (χ4n) is 2.68. The van der Waals surface area contributed by atoms with Crippen molar-refractivity contribution in [2.45, 2.75) is 19.3 Å². The van der Waals surface area contributed by atoms with Crippen molar-refractivity contribution in [1.82, 2.24) is 10.2 Å². The van der Waals surface area contributed by atoms with Crippen molar-refractivity contribution in [1.29, 1.82) is 0 Å². The maximum Gasteiger partial charge on any atom is 0.123 e. The first-order chi connectivity index (χ1) is 10.3. The molecule has 21 heavy (non-hydrogen) atoms. The van der Waals surface area contributed by atoms with E-state index in [1.807, 2.05) is 24.5 Å². The second-order valence-electron chi connectivity index (χ2n) is 5.12. The summed E-state index contributed by atoms with van der Waals surface area (Å²) >= 11 is 0. The topological polar surface area (TPSA) is 28.7 Å². The smallest absolute Gasteiger partial charge is 0.123 e. The third-order valence-corrected chi connectivity index (χ3v) is 3.83. The van der Waals surface area contributed by atoms with Crippen LogP contribution in [0.1, 0.15) is 30.4 Å². The van der Waals surface area contributed by atoms with Crippen LogP contribution in [0.25, 0.3) is 11.1 Å². The summed E-state index contributed by atoms with van der Waals surface area (Å²) in [6, 6.07) is 15.3. The Morgan fingerprint density at radius 1 is 0.952 bits per heavy atom. The van der Waals surface area contributed by atoms with E-state index in [-0.39, 0.29) is 5.82 Å². The maximum absolute atomic E-state index is 13.1. The maximum atomic E-state index is 13.1. The van der Waals surface area contributed by atoms with E-state index < -0.39 is 0 Å². The van der Waals surface area contributed by atoms with Gasteiger partial charge in [-0.15, -0.1) is 0 Å². The first-order valence-electron chi connectivity index (χ1n) is 7.12. The van der Waals surface area contributed by atoms with Crippen LogP contribution in [0.5, 0.6) is 0 Å². The fourth-order valence-corrected chi connectivity index (χ4v) is 2.68. The minimum atomic E-state index is -0.191. The van der Waals surface area contributed by atoms with Gasteiger partial charge >= 0.3 is 0 Å². The molecule has 0 radical (unpaired) electrons. The lowest BCUT2D eigenvalue weighted by atomic mass is 9.88. The Morgan fingerprint density at radius 3 is 2.10 bits per heavy atom. The first-order valence-corrected chi connectivity index (χ1v) is 7.12. The van der Waals surface area contributed by atoms with E-state index in [1.54, 1.807) is 0 Å². The largest absolute Gasteiger partial charge is 0.285 e. The van der Waals surface area contributed by atoms with Gasteiger partial charge in [0.05, 0.1) is 6.20 Å². The zero-order valence-corrected chi connectivity index (χ0v) is 11.9. The Bertz CT molecular complexity index is 685. The molecule has 1 unspecified atom stereocenters. The van der Waals surface area contributed by atoms with Gasteiger partial charge in [-0.1, -0.05) is 43.3 Å². The third-order valence-electron chi connectivity index (χ3n) is 3.83. The second-order valence-corrected chi connectivity index (χ2v) is 5.12. The second kappa shape index (κ2) is 5.92. The highest BCUT2D eigenvalue weighted by atomic mass is 19.1. The molecular formula is C18H17FN2. The van der Waals surface area contributed by atoms with Crippen molar-refractivity contribution in [3.63, 3.8) is 0 Å². The van der Waals surface area contributed by atoms with Crippen molar-refractivity contribution >= 4 is 0 Å². The van der Waals surface area contributed by atoms with E-state index >= 15 is 0 Å². The summed E-state index contributed by atoms with van der Waals surface area (Å²) in [5.41, 5.74) is 4.61. The lowest BCUT2D eigenvalue weighted by Crippen LogP contribution is -1.99. The summed E-state index contributed by atoms with van der Waals surface area (Å²) in [6.07, 6.45) is 4.68. The van der Waals surface area contributed by atoms with Crippen LogP contribution in [0.3, 0.4) is 0 Å². The molecule has 0 saturated carbocycles. The Balaban J connectivity index is 1.89. The molecule has 0 aliphatic rings. The third kappa shape index (κ3) is 2.87. The molecule has 106 valence electrons. The average molecular weight is 280 g/mol. The SMILES string of the molecule is CCC(c1ccc(F)cc1)c1ccc(-c2cn[nH]c2)cc1. The summed E-state index contributed by atoms with van der Waals surface area (Å²) in [6.45, 7) is 2.15. The van der Waals surface area contributed by atoms with Crippen molar-refractivity contribution in [3.8, 4) is 11.1 Å². The molecule has 0 bridgehead atoms. The van der Waals surface area contributed by atoms with E-state index in [0.717, 1.165) is 23.1 Å². The minimum Gasteiger partial charge on any atom is -0.285 e. The predicted octanol–water partition coefficient (Wildman–Crippen LogP) is 4.76. The van der Waals surface area contributed by atoms with Crippen molar-refractivity contribution in [2.75, 3.05) is 0 Å². The van der Waals surface area contributed by atoms with Gasteiger partial charge in [-0.2, -0.15) is 5.10 Å². The summed E-state index contributed by atoms with van der Waals surface area (Å²) in [7, 11) is 0. The molecular weight excluding hydrogens is 263 g/mol. The summed E-state index contributed by atoms with van der Waals surface area (Å²) in [4.78, 5) is 0. The van der Waals surface area contributed by atoms with Gasteiger partial charge in [-0.3, -0.25) is 5.10 Å². The number of hydrogen-bond donors (Lipinski definition) is 1. The number of aromatic amines is 1. The quantitative estimate of drug-likeness (QED) is 0.733. The molecule has 1 N–H and O–H groups in total. The van der Waals surface area contributed by atoms with Gasteiger partial charge < -0.3 is 0 Å². The first kappa shape index (κ1) is 13.6. The molecule has 1 heterocycles. The zero-order chi connectivity index (χ0) is 14.7. The molecule has 3 aromatic rings. The minimum absolute atomic E-state index is 0.191. The normalized spacial score (nSPS) is 12.3. The molecule has 0 amide bonds. The van der Waals surface area contributed by atoms with Crippen LogP contribution in [-0.2, 0) is 0 Å². The van der Waals surface area contributed by atoms with Gasteiger partial charge in [-0.05, 0) is 35.2 Å². The van der Waals surface area contributed by atoms with Crippen LogP contribution in [0.15, 0.2) is 60.9 Å². The Labute approximate surface area is 123 Å².